The number of rotatable bonds is 4. The molecule has 2 heterocycles. The Balaban J connectivity index is 2.04. The number of pyridine rings is 1. The summed E-state index contributed by atoms with van der Waals surface area (Å²) in [5, 5.41) is 10.2. The van der Waals surface area contributed by atoms with E-state index < -0.39 is 17.7 Å². The molecule has 0 amide bonds. The van der Waals surface area contributed by atoms with Crippen molar-refractivity contribution in [3.05, 3.63) is 36.0 Å². The lowest BCUT2D eigenvalue weighted by Crippen LogP contribution is -2.26. The average molecular weight is 298 g/mol. The van der Waals surface area contributed by atoms with Crippen LogP contribution in [0.4, 0.5) is 0 Å². The summed E-state index contributed by atoms with van der Waals surface area (Å²) in [6, 6.07) is 11.2. The fourth-order valence-corrected chi connectivity index (χ4v) is 2.39. The van der Waals surface area contributed by atoms with E-state index in [1.165, 1.54) is 7.11 Å². The van der Waals surface area contributed by atoms with Crippen LogP contribution >= 0.6 is 0 Å². The van der Waals surface area contributed by atoms with Gasteiger partial charge in [-0.3, -0.25) is 0 Å². The Morgan fingerprint density at radius 3 is 2.95 bits per heavy atom. The molecule has 0 bridgehead atoms. The summed E-state index contributed by atoms with van der Waals surface area (Å²) in [7, 11) is 1.51. The van der Waals surface area contributed by atoms with Gasteiger partial charge < -0.3 is 14.2 Å². The zero-order valence-electron chi connectivity index (χ0n) is 12.2. The molecule has 112 valence electrons. The fraction of sp³-hybridized carbons (Fsp3) is 0.312. The van der Waals surface area contributed by atoms with Crippen LogP contribution in [-0.2, 0) is 14.3 Å². The summed E-state index contributed by atoms with van der Waals surface area (Å²) in [6.45, 7) is 1.86. The molecule has 1 aliphatic rings. The second-order valence-corrected chi connectivity index (χ2v) is 4.83. The molecule has 2 aromatic rings. The Hall–Kier alpha value is -2.65. The molecule has 3 rings (SSSR count). The fourth-order valence-electron chi connectivity index (χ4n) is 2.39. The summed E-state index contributed by atoms with van der Waals surface area (Å²) < 4.78 is 15.6. The molecular formula is C16H14N2O4. The SMILES string of the molecule is CCOC(=O)C1(C#N)OC1c1nc2ccccc2cc1OC. The molecule has 6 heteroatoms. The van der Waals surface area contributed by atoms with Crippen molar-refractivity contribution in [1.82, 2.24) is 4.98 Å². The van der Waals surface area contributed by atoms with Gasteiger partial charge in [-0.15, -0.1) is 0 Å². The van der Waals surface area contributed by atoms with Crippen LogP contribution in [0, 0.1) is 11.3 Å². The first-order valence-electron chi connectivity index (χ1n) is 6.86. The lowest BCUT2D eigenvalue weighted by molar-refractivity contribution is -0.147. The Morgan fingerprint density at radius 2 is 2.27 bits per heavy atom. The molecule has 0 aliphatic carbocycles. The minimum absolute atomic E-state index is 0.181. The molecule has 22 heavy (non-hydrogen) atoms. The molecule has 1 fully saturated rings. The van der Waals surface area contributed by atoms with Crippen LogP contribution in [-0.4, -0.2) is 30.3 Å². The molecule has 2 unspecified atom stereocenters. The van der Waals surface area contributed by atoms with Crippen molar-refractivity contribution in [3.8, 4) is 11.8 Å². The average Bonchev–Trinajstić information content (AvgIpc) is 3.29. The first-order chi connectivity index (χ1) is 10.7. The Morgan fingerprint density at radius 1 is 1.50 bits per heavy atom. The molecule has 0 N–H and O–H groups in total. The number of carbonyl (C=O) groups is 1. The lowest BCUT2D eigenvalue weighted by Gasteiger charge is -2.08. The molecule has 0 saturated carbocycles. The number of para-hydroxylation sites is 1. The van der Waals surface area contributed by atoms with Gasteiger partial charge in [-0.1, -0.05) is 18.2 Å². The number of hydrogen-bond acceptors (Lipinski definition) is 6. The summed E-state index contributed by atoms with van der Waals surface area (Å²) >= 11 is 0. The highest BCUT2D eigenvalue weighted by molar-refractivity contribution is 5.88. The van der Waals surface area contributed by atoms with Gasteiger partial charge in [0.1, 0.15) is 17.5 Å². The van der Waals surface area contributed by atoms with Crippen molar-refractivity contribution in [2.24, 2.45) is 0 Å². The first kappa shape index (κ1) is 14.3. The summed E-state index contributed by atoms with van der Waals surface area (Å²) in [5.41, 5.74) is -0.459. The number of methoxy groups -OCH3 is 1. The van der Waals surface area contributed by atoms with Crippen molar-refractivity contribution >= 4 is 16.9 Å². The highest BCUT2D eigenvalue weighted by Gasteiger charge is 2.67. The molecule has 1 saturated heterocycles. The largest absolute Gasteiger partial charge is 0.495 e. The second-order valence-electron chi connectivity index (χ2n) is 4.83. The van der Waals surface area contributed by atoms with Crippen LogP contribution in [0.1, 0.15) is 18.7 Å². The van der Waals surface area contributed by atoms with Crippen LogP contribution in [0.2, 0.25) is 0 Å². The van der Waals surface area contributed by atoms with Gasteiger partial charge in [0.15, 0.2) is 6.10 Å². The number of benzene rings is 1. The summed E-state index contributed by atoms with van der Waals surface area (Å²) in [5.74, 6) is -0.218. The van der Waals surface area contributed by atoms with Gasteiger partial charge in [-0.25, -0.2) is 9.78 Å². The Labute approximate surface area is 127 Å². The van der Waals surface area contributed by atoms with E-state index in [2.05, 4.69) is 4.98 Å². The van der Waals surface area contributed by atoms with Crippen LogP contribution in [0.5, 0.6) is 5.75 Å². The van der Waals surface area contributed by atoms with Gasteiger partial charge >= 0.3 is 5.97 Å². The maximum Gasteiger partial charge on any atom is 0.356 e. The van der Waals surface area contributed by atoms with E-state index >= 15 is 0 Å². The molecule has 1 aromatic carbocycles. The number of nitrogens with zero attached hydrogens (tertiary/aromatic N) is 2. The maximum atomic E-state index is 12.0. The van der Waals surface area contributed by atoms with Gasteiger partial charge in [-0.2, -0.15) is 5.26 Å². The molecule has 0 radical (unpaired) electrons. The predicted octanol–water partition coefficient (Wildman–Crippen LogP) is 2.14. The third-order valence-electron chi connectivity index (χ3n) is 3.55. The van der Waals surface area contributed by atoms with E-state index in [0.29, 0.717) is 11.4 Å². The highest BCUT2D eigenvalue weighted by Crippen LogP contribution is 2.52. The number of ether oxygens (including phenoxy) is 3. The van der Waals surface area contributed by atoms with Gasteiger partial charge in [0.2, 0.25) is 0 Å². The van der Waals surface area contributed by atoms with Crippen LogP contribution in [0.3, 0.4) is 0 Å². The maximum absolute atomic E-state index is 12.0. The van der Waals surface area contributed by atoms with E-state index in [4.69, 9.17) is 14.2 Å². The quantitative estimate of drug-likeness (QED) is 0.635. The predicted molar refractivity (Wildman–Crippen MR) is 77.1 cm³/mol. The van der Waals surface area contributed by atoms with E-state index in [1.807, 2.05) is 36.4 Å². The van der Waals surface area contributed by atoms with E-state index in [9.17, 15) is 10.1 Å². The molecule has 6 nitrogen and oxygen atoms in total. The molecule has 2 atom stereocenters. The van der Waals surface area contributed by atoms with Crippen molar-refractivity contribution in [2.75, 3.05) is 13.7 Å². The van der Waals surface area contributed by atoms with Gasteiger partial charge in [0.05, 0.1) is 19.2 Å². The molecule has 1 aliphatic heterocycles. The number of fused-ring (bicyclic) bond motifs is 1. The topological polar surface area (TPSA) is 84.7 Å². The molecular weight excluding hydrogens is 284 g/mol. The number of carbonyl (C=O) groups excluding carboxylic acids is 1. The highest BCUT2D eigenvalue weighted by atomic mass is 16.7. The number of nitriles is 1. The van der Waals surface area contributed by atoms with Gasteiger partial charge in [-0.05, 0) is 19.1 Å². The van der Waals surface area contributed by atoms with Gasteiger partial charge in [0.25, 0.3) is 5.60 Å². The third-order valence-corrected chi connectivity index (χ3v) is 3.55. The Bertz CT molecular complexity index is 783. The minimum atomic E-state index is -1.63. The monoisotopic (exact) mass is 298 g/mol. The molecule has 0 spiro atoms. The number of epoxide rings is 1. The minimum Gasteiger partial charge on any atom is -0.495 e. The molecule has 1 aromatic heterocycles. The lowest BCUT2D eigenvalue weighted by atomic mass is 10.0. The number of hydrogen-bond donors (Lipinski definition) is 0. The van der Waals surface area contributed by atoms with E-state index in [0.717, 1.165) is 10.9 Å². The third kappa shape index (κ3) is 2.07. The smallest absolute Gasteiger partial charge is 0.356 e. The summed E-state index contributed by atoms with van der Waals surface area (Å²) in [4.78, 5) is 16.5. The van der Waals surface area contributed by atoms with Crippen molar-refractivity contribution < 1.29 is 19.0 Å². The van der Waals surface area contributed by atoms with Gasteiger partial charge in [0, 0.05) is 5.39 Å². The Kier molecular flexibility index (Phi) is 3.43. The van der Waals surface area contributed by atoms with Crippen LogP contribution < -0.4 is 4.74 Å². The zero-order valence-corrected chi connectivity index (χ0v) is 12.2. The zero-order chi connectivity index (χ0) is 15.7. The number of esters is 1. The normalized spacial score (nSPS) is 22.9. The second kappa shape index (κ2) is 5.28. The van der Waals surface area contributed by atoms with Crippen LogP contribution in [0.25, 0.3) is 10.9 Å². The van der Waals surface area contributed by atoms with E-state index in [-0.39, 0.29) is 6.61 Å². The summed E-state index contributed by atoms with van der Waals surface area (Å²) in [6.07, 6.45) is -0.781. The van der Waals surface area contributed by atoms with Crippen molar-refractivity contribution in [2.45, 2.75) is 18.6 Å². The van der Waals surface area contributed by atoms with Crippen molar-refractivity contribution in [3.63, 3.8) is 0 Å². The first-order valence-corrected chi connectivity index (χ1v) is 6.86. The van der Waals surface area contributed by atoms with E-state index in [1.54, 1.807) is 6.92 Å². The van der Waals surface area contributed by atoms with Crippen LogP contribution in [0.15, 0.2) is 30.3 Å². The standard InChI is InChI=1S/C16H14N2O4/c1-3-21-15(19)16(9-17)14(22-16)13-12(20-2)8-10-6-4-5-7-11(10)18-13/h4-8,14H,3H2,1-2H3. The number of aromatic nitrogens is 1. The van der Waals surface area contributed by atoms with Crippen molar-refractivity contribution in [1.29, 1.82) is 5.26 Å².